The van der Waals surface area contributed by atoms with Crippen molar-refractivity contribution in [2.24, 2.45) is 5.92 Å². The number of methoxy groups -OCH3 is 1. The summed E-state index contributed by atoms with van der Waals surface area (Å²) >= 11 is 1.32. The fourth-order valence-electron chi connectivity index (χ4n) is 3.81. The van der Waals surface area contributed by atoms with E-state index in [2.05, 4.69) is 4.98 Å². The summed E-state index contributed by atoms with van der Waals surface area (Å²) in [5.74, 6) is -0.403. The van der Waals surface area contributed by atoms with Gasteiger partial charge in [-0.3, -0.25) is 19.9 Å². The van der Waals surface area contributed by atoms with Gasteiger partial charge >= 0.3 is 5.97 Å². The van der Waals surface area contributed by atoms with Crippen LogP contribution in [-0.2, 0) is 14.3 Å². The molecular formula is C25H30N2O7S. The van der Waals surface area contributed by atoms with Crippen LogP contribution >= 0.6 is 11.8 Å². The number of nitro groups is 1. The molecule has 188 valence electrons. The van der Waals surface area contributed by atoms with Gasteiger partial charge in [-0.1, -0.05) is 18.2 Å². The molecule has 35 heavy (non-hydrogen) atoms. The second-order valence-corrected chi connectivity index (χ2v) is 10.4. The van der Waals surface area contributed by atoms with Gasteiger partial charge in [0.2, 0.25) is 0 Å². The number of pyridine rings is 1. The number of ether oxygens (including phenoxy) is 3. The van der Waals surface area contributed by atoms with Gasteiger partial charge in [-0.25, -0.2) is 0 Å². The van der Waals surface area contributed by atoms with Crippen LogP contribution in [0.1, 0.15) is 44.8 Å². The summed E-state index contributed by atoms with van der Waals surface area (Å²) in [6.07, 6.45) is 7.58. The monoisotopic (exact) mass is 502 g/mol. The molecule has 1 saturated heterocycles. The number of carbonyl (C=O) groups is 1. The Bertz CT molecular complexity index is 1050. The van der Waals surface area contributed by atoms with Gasteiger partial charge < -0.3 is 19.3 Å². The highest BCUT2D eigenvalue weighted by molar-refractivity contribution is 8.00. The minimum atomic E-state index is -0.827. The number of rotatable bonds is 11. The van der Waals surface area contributed by atoms with Gasteiger partial charge in [0.05, 0.1) is 40.5 Å². The van der Waals surface area contributed by atoms with Gasteiger partial charge in [0.25, 0.3) is 5.69 Å². The van der Waals surface area contributed by atoms with E-state index in [9.17, 15) is 14.9 Å². The van der Waals surface area contributed by atoms with Crippen LogP contribution in [0.4, 0.5) is 5.69 Å². The van der Waals surface area contributed by atoms with E-state index in [1.807, 2.05) is 38.1 Å². The largest absolute Gasteiger partial charge is 0.497 e. The van der Waals surface area contributed by atoms with Crippen molar-refractivity contribution in [3.05, 3.63) is 70.6 Å². The van der Waals surface area contributed by atoms with E-state index < -0.39 is 21.9 Å². The standard InChI is InChI=1S/C25H30N2O7S/c1-25(2,35-21-12-11-19(32-3)14-20(21)27(30)31)24-33-16-18(8-5-4-6-10-22(28)29)23(34-24)17-9-7-13-26-15-17/h4-5,7,9,11-15,18,23-24H,6,8,10,16H2,1-3H3,(H,28,29)/b5-4-. The minimum absolute atomic E-state index is 0.00708. The number of benzene rings is 1. The molecule has 9 nitrogen and oxygen atoms in total. The summed E-state index contributed by atoms with van der Waals surface area (Å²) in [5.41, 5.74) is 0.882. The molecule has 0 bridgehead atoms. The molecule has 1 N–H and O–H groups in total. The number of aliphatic carboxylic acids is 1. The van der Waals surface area contributed by atoms with Crippen LogP contribution in [0.2, 0.25) is 0 Å². The molecule has 3 atom stereocenters. The first-order valence-electron chi connectivity index (χ1n) is 11.3. The number of hydrogen-bond donors (Lipinski definition) is 1. The molecule has 3 unspecified atom stereocenters. The predicted octanol–water partition coefficient (Wildman–Crippen LogP) is 5.41. The first-order valence-corrected chi connectivity index (χ1v) is 12.1. The zero-order chi connectivity index (χ0) is 25.4. The highest BCUT2D eigenvalue weighted by atomic mass is 32.2. The SMILES string of the molecule is COc1ccc(SC(C)(C)C2OCC(C/C=C\CCC(=O)O)C(c3cccnc3)O2)c([N+](=O)[O-])c1. The molecule has 0 saturated carbocycles. The first kappa shape index (κ1) is 26.7. The lowest BCUT2D eigenvalue weighted by molar-refractivity contribution is -0.387. The number of nitro benzene ring substituents is 1. The maximum Gasteiger partial charge on any atom is 0.303 e. The molecule has 1 aliphatic rings. The van der Waals surface area contributed by atoms with Gasteiger partial charge in [0, 0.05) is 24.7 Å². The van der Waals surface area contributed by atoms with Crippen molar-refractivity contribution in [1.29, 1.82) is 0 Å². The Balaban J connectivity index is 1.77. The van der Waals surface area contributed by atoms with Crippen LogP contribution in [0, 0.1) is 16.0 Å². The molecule has 2 heterocycles. The van der Waals surface area contributed by atoms with Crippen molar-refractivity contribution < 1.29 is 29.0 Å². The van der Waals surface area contributed by atoms with E-state index in [0.717, 1.165) is 5.56 Å². The molecule has 1 aromatic heterocycles. The lowest BCUT2D eigenvalue weighted by Gasteiger charge is -2.42. The Labute approximate surface area is 208 Å². The third-order valence-corrected chi connectivity index (χ3v) is 6.89. The number of allylic oxidation sites excluding steroid dienone is 2. The Kier molecular flexibility index (Phi) is 9.25. The quantitative estimate of drug-likeness (QED) is 0.186. The van der Waals surface area contributed by atoms with Crippen LogP contribution in [0.3, 0.4) is 0 Å². The molecule has 0 amide bonds. The van der Waals surface area contributed by atoms with E-state index in [-0.39, 0.29) is 24.1 Å². The van der Waals surface area contributed by atoms with Crippen LogP contribution < -0.4 is 4.74 Å². The number of thioether (sulfide) groups is 1. The topological polar surface area (TPSA) is 121 Å². The zero-order valence-corrected chi connectivity index (χ0v) is 20.8. The molecule has 0 aliphatic carbocycles. The number of aromatic nitrogens is 1. The van der Waals surface area contributed by atoms with Gasteiger partial charge in [-0.2, -0.15) is 0 Å². The predicted molar refractivity (Wildman–Crippen MR) is 132 cm³/mol. The molecule has 1 aromatic carbocycles. The zero-order valence-electron chi connectivity index (χ0n) is 20.0. The number of carboxylic acid groups (broad SMARTS) is 1. The van der Waals surface area contributed by atoms with Crippen molar-refractivity contribution in [3.63, 3.8) is 0 Å². The van der Waals surface area contributed by atoms with Gasteiger partial charge in [0.1, 0.15) is 5.75 Å². The van der Waals surface area contributed by atoms with Gasteiger partial charge in [0.15, 0.2) is 6.29 Å². The Hall–Kier alpha value is -2.95. The van der Waals surface area contributed by atoms with E-state index in [4.69, 9.17) is 19.3 Å². The number of hydrogen-bond acceptors (Lipinski definition) is 8. The fourth-order valence-corrected chi connectivity index (χ4v) is 4.97. The molecular weight excluding hydrogens is 472 g/mol. The van der Waals surface area contributed by atoms with E-state index in [1.165, 1.54) is 24.9 Å². The van der Waals surface area contributed by atoms with Crippen LogP contribution in [-0.4, -0.2) is 45.7 Å². The average molecular weight is 503 g/mol. The Morgan fingerprint density at radius 3 is 2.83 bits per heavy atom. The maximum absolute atomic E-state index is 11.6. The lowest BCUT2D eigenvalue weighted by Crippen LogP contribution is -2.45. The lowest BCUT2D eigenvalue weighted by atomic mass is 9.92. The highest BCUT2D eigenvalue weighted by Crippen LogP contribution is 2.46. The Morgan fingerprint density at radius 1 is 1.37 bits per heavy atom. The second kappa shape index (κ2) is 12.1. The van der Waals surface area contributed by atoms with Crippen LogP contribution in [0.25, 0.3) is 0 Å². The molecule has 1 fully saturated rings. The fraction of sp³-hybridized carbons (Fsp3) is 0.440. The molecule has 2 aromatic rings. The second-order valence-electron chi connectivity index (χ2n) is 8.70. The van der Waals surface area contributed by atoms with E-state index >= 15 is 0 Å². The van der Waals surface area contributed by atoms with E-state index in [1.54, 1.807) is 24.5 Å². The normalized spacial score (nSPS) is 20.6. The molecule has 3 rings (SSSR count). The molecule has 0 radical (unpaired) electrons. The summed E-state index contributed by atoms with van der Waals surface area (Å²) in [7, 11) is 1.47. The summed E-state index contributed by atoms with van der Waals surface area (Å²) in [6, 6.07) is 8.58. The smallest absolute Gasteiger partial charge is 0.303 e. The summed E-state index contributed by atoms with van der Waals surface area (Å²) in [5, 5.41) is 20.5. The van der Waals surface area contributed by atoms with Crippen molar-refractivity contribution >= 4 is 23.4 Å². The maximum atomic E-state index is 11.6. The van der Waals surface area contributed by atoms with Crippen molar-refractivity contribution in [3.8, 4) is 5.75 Å². The number of carboxylic acids is 1. The van der Waals surface area contributed by atoms with Crippen LogP contribution in [0.15, 0.2) is 59.8 Å². The van der Waals surface area contributed by atoms with E-state index in [0.29, 0.717) is 30.1 Å². The molecule has 1 aliphatic heterocycles. The summed E-state index contributed by atoms with van der Waals surface area (Å²) < 4.78 is 17.1. The van der Waals surface area contributed by atoms with Crippen molar-refractivity contribution in [2.75, 3.05) is 13.7 Å². The van der Waals surface area contributed by atoms with Crippen LogP contribution in [0.5, 0.6) is 5.75 Å². The van der Waals surface area contributed by atoms with Crippen molar-refractivity contribution in [2.45, 2.75) is 55.1 Å². The molecule has 10 heteroatoms. The van der Waals surface area contributed by atoms with Gasteiger partial charge in [-0.05, 0) is 50.5 Å². The number of nitrogens with zero attached hydrogens (tertiary/aromatic N) is 2. The third kappa shape index (κ3) is 7.27. The summed E-state index contributed by atoms with van der Waals surface area (Å²) in [4.78, 5) is 26.7. The first-order chi connectivity index (χ1) is 16.7. The minimum Gasteiger partial charge on any atom is -0.497 e. The average Bonchev–Trinajstić information content (AvgIpc) is 2.84. The molecule has 0 spiro atoms. The highest BCUT2D eigenvalue weighted by Gasteiger charge is 2.42. The Morgan fingerprint density at radius 2 is 2.17 bits per heavy atom. The third-order valence-electron chi connectivity index (χ3n) is 5.61. The van der Waals surface area contributed by atoms with Crippen molar-refractivity contribution in [1.82, 2.24) is 4.98 Å². The summed E-state index contributed by atoms with van der Waals surface area (Å²) in [6.45, 7) is 4.29. The van der Waals surface area contributed by atoms with Gasteiger partial charge in [-0.15, -0.1) is 11.8 Å².